The number of nitrogens with one attached hydrogen (secondary N) is 3. The van der Waals surface area contributed by atoms with E-state index in [4.69, 9.17) is 35.0 Å². The van der Waals surface area contributed by atoms with Gasteiger partial charge in [-0.2, -0.15) is 13.2 Å². The zero-order valence-corrected chi connectivity index (χ0v) is 26.3. The molecule has 3 aromatic heterocycles. The number of hydrogen-bond acceptors (Lipinski definition) is 10. The Bertz CT molecular complexity index is 1890. The Morgan fingerprint density at radius 2 is 1.84 bits per heavy atom. The molecular formula is C32H34F3N9O5. The average Bonchev–Trinajstić information content (AvgIpc) is 3.70. The molecule has 6 rings (SSSR count). The number of anilines is 2. The first kappa shape index (κ1) is 34.6. The minimum atomic E-state index is -5.08. The molecule has 0 saturated carbocycles. The number of carbonyl (C=O) groups excluding carboxylic acids is 1. The SMILES string of the molecule is CCn1c(-c2nonc2N)nc2c(-c3cccc(NC(=O)NCc4ccccc4)c3)ncc(OCC3CCNCC3)c21.O=C(O)C(F)(F)F. The maximum Gasteiger partial charge on any atom is 0.490 e. The van der Waals surface area contributed by atoms with Crippen LogP contribution in [0.4, 0.5) is 29.5 Å². The van der Waals surface area contributed by atoms with Gasteiger partial charge in [0.15, 0.2) is 23.1 Å². The second-order valence-electron chi connectivity index (χ2n) is 11.0. The number of hydrogen-bond donors (Lipinski definition) is 5. The predicted molar refractivity (Wildman–Crippen MR) is 173 cm³/mol. The number of carbonyl (C=O) groups is 2. The van der Waals surface area contributed by atoms with Gasteiger partial charge in [0.1, 0.15) is 11.0 Å². The van der Waals surface area contributed by atoms with E-state index in [0.29, 0.717) is 59.8 Å². The highest BCUT2D eigenvalue weighted by molar-refractivity contribution is 5.97. The van der Waals surface area contributed by atoms with Gasteiger partial charge in [-0.3, -0.25) is 0 Å². The number of aliphatic carboxylic acids is 1. The number of carboxylic acid groups (broad SMARTS) is 1. The van der Waals surface area contributed by atoms with Crippen molar-refractivity contribution in [2.45, 2.75) is 39.0 Å². The number of rotatable bonds is 9. The molecule has 49 heavy (non-hydrogen) atoms. The van der Waals surface area contributed by atoms with Crippen LogP contribution < -0.4 is 26.4 Å². The second kappa shape index (κ2) is 15.5. The van der Waals surface area contributed by atoms with Crippen LogP contribution in [0.1, 0.15) is 25.3 Å². The van der Waals surface area contributed by atoms with Crippen LogP contribution >= 0.6 is 0 Å². The molecule has 1 fully saturated rings. The molecule has 0 bridgehead atoms. The van der Waals surface area contributed by atoms with Crippen LogP contribution in [-0.2, 0) is 17.9 Å². The molecule has 258 valence electrons. The van der Waals surface area contributed by atoms with Crippen LogP contribution in [0.15, 0.2) is 65.4 Å². The number of alkyl halides is 3. The lowest BCUT2D eigenvalue weighted by Crippen LogP contribution is -2.30. The van der Waals surface area contributed by atoms with Gasteiger partial charge in [-0.05, 0) is 66.8 Å². The number of aryl methyl sites for hydroxylation is 1. The highest BCUT2D eigenvalue weighted by atomic mass is 19.4. The zero-order chi connectivity index (χ0) is 35.0. The number of nitrogens with zero attached hydrogens (tertiary/aromatic N) is 5. The topological polar surface area (TPSA) is 195 Å². The van der Waals surface area contributed by atoms with E-state index < -0.39 is 12.1 Å². The Morgan fingerprint density at radius 3 is 2.49 bits per heavy atom. The molecule has 0 spiro atoms. The van der Waals surface area contributed by atoms with Crippen molar-refractivity contribution in [1.29, 1.82) is 0 Å². The van der Waals surface area contributed by atoms with Gasteiger partial charge in [0, 0.05) is 24.3 Å². The van der Waals surface area contributed by atoms with Crippen molar-refractivity contribution in [3.05, 3.63) is 66.4 Å². The number of amides is 2. The minimum absolute atomic E-state index is 0.152. The normalized spacial score (nSPS) is 13.4. The molecule has 6 N–H and O–H groups in total. The number of imidazole rings is 1. The first-order valence-electron chi connectivity index (χ1n) is 15.4. The Labute approximate surface area is 277 Å². The third-order valence-electron chi connectivity index (χ3n) is 7.64. The van der Waals surface area contributed by atoms with Crippen molar-refractivity contribution < 1.29 is 37.2 Å². The van der Waals surface area contributed by atoms with Gasteiger partial charge in [-0.15, -0.1) is 0 Å². The van der Waals surface area contributed by atoms with E-state index in [1.54, 1.807) is 6.20 Å². The monoisotopic (exact) mass is 681 g/mol. The van der Waals surface area contributed by atoms with Gasteiger partial charge < -0.3 is 36.1 Å². The van der Waals surface area contributed by atoms with Gasteiger partial charge in [0.25, 0.3) is 0 Å². The van der Waals surface area contributed by atoms with E-state index in [-0.39, 0.29) is 11.8 Å². The smallest absolute Gasteiger partial charge is 0.489 e. The summed E-state index contributed by atoms with van der Waals surface area (Å²) in [6.45, 7) is 5.59. The minimum Gasteiger partial charge on any atom is -0.489 e. The molecule has 5 aromatic rings. The van der Waals surface area contributed by atoms with E-state index >= 15 is 0 Å². The lowest BCUT2D eigenvalue weighted by atomic mass is 9.99. The summed E-state index contributed by atoms with van der Waals surface area (Å²) in [5.41, 5.74) is 10.9. The fraction of sp³-hybridized carbons (Fsp3) is 0.312. The molecule has 2 aromatic carbocycles. The molecule has 0 aliphatic carbocycles. The van der Waals surface area contributed by atoms with E-state index in [1.807, 2.05) is 66.1 Å². The molecule has 4 heterocycles. The Morgan fingerprint density at radius 1 is 1.10 bits per heavy atom. The number of piperidine rings is 1. The van der Waals surface area contributed by atoms with Crippen LogP contribution in [0.3, 0.4) is 0 Å². The van der Waals surface area contributed by atoms with Crippen molar-refractivity contribution in [1.82, 2.24) is 35.5 Å². The number of ether oxygens (including phenoxy) is 1. The number of nitrogens with two attached hydrogens (primary N) is 1. The fourth-order valence-electron chi connectivity index (χ4n) is 5.22. The number of halogens is 3. The van der Waals surface area contributed by atoms with Gasteiger partial charge in [-0.25, -0.2) is 24.2 Å². The third kappa shape index (κ3) is 8.61. The molecule has 2 amide bonds. The lowest BCUT2D eigenvalue weighted by Gasteiger charge is -2.23. The van der Waals surface area contributed by atoms with Crippen molar-refractivity contribution in [2.75, 3.05) is 30.7 Å². The van der Waals surface area contributed by atoms with Gasteiger partial charge in [0.2, 0.25) is 0 Å². The summed E-state index contributed by atoms with van der Waals surface area (Å²) in [6.07, 6.45) is -1.22. The molecule has 1 saturated heterocycles. The lowest BCUT2D eigenvalue weighted by molar-refractivity contribution is -0.192. The first-order valence-corrected chi connectivity index (χ1v) is 15.4. The maximum atomic E-state index is 12.6. The highest BCUT2D eigenvalue weighted by Gasteiger charge is 2.38. The van der Waals surface area contributed by atoms with Gasteiger partial charge in [-0.1, -0.05) is 42.5 Å². The number of fused-ring (bicyclic) bond motifs is 1. The van der Waals surface area contributed by atoms with Crippen LogP contribution in [0, 0.1) is 5.92 Å². The van der Waals surface area contributed by atoms with Crippen molar-refractivity contribution in [3.8, 4) is 28.5 Å². The summed E-state index contributed by atoms with van der Waals surface area (Å²) < 4.78 is 45.0. The predicted octanol–water partition coefficient (Wildman–Crippen LogP) is 5.08. The summed E-state index contributed by atoms with van der Waals surface area (Å²) in [5.74, 6) is -0.990. The van der Waals surface area contributed by atoms with E-state index in [1.165, 1.54) is 0 Å². The molecule has 1 aliphatic rings. The van der Waals surface area contributed by atoms with Gasteiger partial charge >= 0.3 is 18.2 Å². The van der Waals surface area contributed by atoms with Gasteiger partial charge in [0.05, 0.1) is 18.5 Å². The third-order valence-corrected chi connectivity index (χ3v) is 7.64. The number of urea groups is 1. The largest absolute Gasteiger partial charge is 0.490 e. The molecule has 0 atom stereocenters. The van der Waals surface area contributed by atoms with E-state index in [0.717, 1.165) is 42.6 Å². The average molecular weight is 682 g/mol. The van der Waals surface area contributed by atoms with Crippen LogP contribution in [0.5, 0.6) is 5.75 Å². The van der Waals surface area contributed by atoms with Crippen molar-refractivity contribution >= 4 is 34.5 Å². The number of pyridine rings is 1. The molecule has 1 aliphatic heterocycles. The van der Waals surface area contributed by atoms with E-state index in [2.05, 4.69) is 26.3 Å². The molecule has 0 unspecified atom stereocenters. The molecule has 0 radical (unpaired) electrons. The number of benzene rings is 2. The fourth-order valence-corrected chi connectivity index (χ4v) is 5.22. The quantitative estimate of drug-likeness (QED) is 0.139. The van der Waals surface area contributed by atoms with Crippen molar-refractivity contribution in [3.63, 3.8) is 0 Å². The summed E-state index contributed by atoms with van der Waals surface area (Å²) in [4.78, 5) is 31.3. The Balaban J connectivity index is 0.000000606. The Hall–Kier alpha value is -5.71. The summed E-state index contributed by atoms with van der Waals surface area (Å²) in [6, 6.07) is 16.9. The molecule has 14 nitrogen and oxygen atoms in total. The second-order valence-corrected chi connectivity index (χ2v) is 11.0. The molecule has 17 heteroatoms. The van der Waals surface area contributed by atoms with Crippen LogP contribution in [0.25, 0.3) is 33.8 Å². The number of nitrogen functional groups attached to an aromatic ring is 1. The summed E-state index contributed by atoms with van der Waals surface area (Å²) in [7, 11) is 0. The molecular weight excluding hydrogens is 647 g/mol. The number of aromatic nitrogens is 5. The van der Waals surface area contributed by atoms with Crippen molar-refractivity contribution in [2.24, 2.45) is 5.92 Å². The van der Waals surface area contributed by atoms with Crippen LogP contribution in [-0.4, -0.2) is 67.8 Å². The summed E-state index contributed by atoms with van der Waals surface area (Å²) >= 11 is 0. The number of carboxylic acids is 1. The first-order chi connectivity index (χ1) is 23.5. The zero-order valence-electron chi connectivity index (χ0n) is 26.3. The van der Waals surface area contributed by atoms with E-state index in [9.17, 15) is 18.0 Å². The standard InChI is InChI=1S/C30H33N9O3.C2HF3O2/c1-2-39-27-23(41-18-20-11-13-32-14-12-20)17-33-24(25(27)36-29(39)26-28(31)38-42-37-26)21-9-6-10-22(15-21)35-30(40)34-16-19-7-4-3-5-8-19;3-2(4,5)1(6)7/h3-10,15,17,20,32H,2,11-14,16,18H2,1H3,(H2,31,38)(H2,34,35,40);(H,6,7). The Kier molecular flexibility index (Phi) is 10.9. The maximum absolute atomic E-state index is 12.6. The van der Waals surface area contributed by atoms with Crippen LogP contribution in [0.2, 0.25) is 0 Å². The highest BCUT2D eigenvalue weighted by Crippen LogP contribution is 2.37. The summed E-state index contributed by atoms with van der Waals surface area (Å²) in [5, 5.41) is 24.1.